The van der Waals surface area contributed by atoms with Crippen molar-refractivity contribution in [1.29, 1.82) is 0 Å². The van der Waals surface area contributed by atoms with Gasteiger partial charge in [-0.3, -0.25) is 9.69 Å². The highest BCUT2D eigenvalue weighted by molar-refractivity contribution is 8.26. The van der Waals surface area contributed by atoms with Crippen LogP contribution >= 0.6 is 24.0 Å². The number of ether oxygens (including phenoxy) is 1. The van der Waals surface area contributed by atoms with Gasteiger partial charge in [0.15, 0.2) is 5.88 Å². The van der Waals surface area contributed by atoms with Gasteiger partial charge in [-0.05, 0) is 18.9 Å². The molecule has 1 aromatic rings. The van der Waals surface area contributed by atoms with Crippen LogP contribution in [-0.4, -0.2) is 53.9 Å². The number of nitrogens with zero attached hydrogens (tertiary/aromatic N) is 2. The largest absolute Gasteiger partial charge is 0.550 e. The summed E-state index contributed by atoms with van der Waals surface area (Å²) in [6.45, 7) is 3.15. The Kier molecular flexibility index (Phi) is 5.77. The number of aliphatic carboxylic acids is 1. The maximum Gasteiger partial charge on any atom is 0.266 e. The Labute approximate surface area is 154 Å². The molecule has 0 radical (unpaired) electrons. The van der Waals surface area contributed by atoms with Crippen molar-refractivity contribution in [2.24, 2.45) is 0 Å². The second kappa shape index (κ2) is 8.03. The van der Waals surface area contributed by atoms with Crippen LogP contribution in [0.5, 0.6) is 0 Å². The van der Waals surface area contributed by atoms with Crippen LogP contribution in [0.15, 0.2) is 21.5 Å². The molecular weight excluding hydrogens is 364 g/mol. The van der Waals surface area contributed by atoms with E-state index in [4.69, 9.17) is 21.4 Å². The number of hydrogen-bond acceptors (Lipinski definition) is 8. The van der Waals surface area contributed by atoms with E-state index in [-0.39, 0.29) is 18.9 Å². The molecule has 0 aliphatic carbocycles. The van der Waals surface area contributed by atoms with Crippen LogP contribution in [0.2, 0.25) is 0 Å². The molecule has 0 atom stereocenters. The van der Waals surface area contributed by atoms with E-state index in [2.05, 4.69) is 4.90 Å². The smallest absolute Gasteiger partial charge is 0.266 e. The molecule has 0 N–H and O–H groups in total. The zero-order valence-electron chi connectivity index (χ0n) is 13.4. The number of thiocarbonyl (C=S) groups is 1. The second-order valence-corrected chi connectivity index (χ2v) is 7.26. The molecular formula is C16H17N2O5S2-. The molecule has 0 saturated carbocycles. The Hall–Kier alpha value is -1.84. The van der Waals surface area contributed by atoms with Crippen molar-refractivity contribution in [3.63, 3.8) is 0 Å². The fourth-order valence-corrected chi connectivity index (χ4v) is 3.87. The van der Waals surface area contributed by atoms with E-state index in [9.17, 15) is 14.7 Å². The number of carbonyl (C=O) groups is 2. The Morgan fingerprint density at radius 2 is 2.12 bits per heavy atom. The number of morpholine rings is 1. The van der Waals surface area contributed by atoms with Crippen LogP contribution in [0.3, 0.4) is 0 Å². The molecule has 1 aromatic heterocycles. The second-order valence-electron chi connectivity index (χ2n) is 5.58. The van der Waals surface area contributed by atoms with Crippen molar-refractivity contribution in [3.05, 3.63) is 22.8 Å². The number of furan rings is 1. The summed E-state index contributed by atoms with van der Waals surface area (Å²) in [5.41, 5.74) is 0. The zero-order valence-corrected chi connectivity index (χ0v) is 15.1. The molecule has 2 fully saturated rings. The van der Waals surface area contributed by atoms with E-state index < -0.39 is 5.97 Å². The van der Waals surface area contributed by atoms with Gasteiger partial charge in [-0.15, -0.1) is 0 Å². The summed E-state index contributed by atoms with van der Waals surface area (Å²) in [4.78, 5) is 26.9. The van der Waals surface area contributed by atoms with Gasteiger partial charge in [0.1, 0.15) is 10.1 Å². The number of anilines is 1. The van der Waals surface area contributed by atoms with Crippen LogP contribution in [0.25, 0.3) is 6.08 Å². The molecule has 3 heterocycles. The van der Waals surface area contributed by atoms with Crippen LogP contribution in [-0.2, 0) is 14.3 Å². The lowest BCUT2D eigenvalue weighted by Gasteiger charge is -2.26. The molecule has 2 aliphatic rings. The van der Waals surface area contributed by atoms with Gasteiger partial charge in [-0.25, -0.2) is 0 Å². The lowest BCUT2D eigenvalue weighted by molar-refractivity contribution is -0.305. The van der Waals surface area contributed by atoms with Gasteiger partial charge in [0.05, 0.1) is 18.1 Å². The Morgan fingerprint density at radius 1 is 1.36 bits per heavy atom. The van der Waals surface area contributed by atoms with E-state index in [1.165, 1.54) is 16.7 Å². The molecule has 0 bridgehead atoms. The fraction of sp³-hybridized carbons (Fsp3) is 0.438. The lowest BCUT2D eigenvalue weighted by atomic mass is 10.3. The van der Waals surface area contributed by atoms with Crippen molar-refractivity contribution in [2.75, 3.05) is 37.7 Å². The maximum absolute atomic E-state index is 12.4. The number of carbonyl (C=O) groups excluding carboxylic acids is 2. The number of rotatable bonds is 6. The van der Waals surface area contributed by atoms with E-state index in [0.717, 1.165) is 19.0 Å². The predicted molar refractivity (Wildman–Crippen MR) is 95.9 cm³/mol. The summed E-state index contributed by atoms with van der Waals surface area (Å²) < 4.78 is 11.5. The van der Waals surface area contributed by atoms with Gasteiger partial charge in [0.2, 0.25) is 0 Å². The summed E-state index contributed by atoms with van der Waals surface area (Å²) >= 11 is 6.40. The normalized spacial score (nSPS) is 19.9. The molecule has 25 heavy (non-hydrogen) atoms. The Balaban J connectivity index is 1.65. The van der Waals surface area contributed by atoms with Gasteiger partial charge in [0.25, 0.3) is 5.91 Å². The predicted octanol–water partition coefficient (Wildman–Crippen LogP) is 0.848. The lowest BCUT2D eigenvalue weighted by Crippen LogP contribution is -2.35. The van der Waals surface area contributed by atoms with Crippen molar-refractivity contribution in [1.82, 2.24) is 4.90 Å². The maximum atomic E-state index is 12.4. The SMILES string of the molecule is O=C([O-])CCCN1C(=O)/C(=C/c2ccc(N3CCOCC3)o2)SC1=S. The van der Waals surface area contributed by atoms with Gasteiger partial charge >= 0.3 is 0 Å². The monoisotopic (exact) mass is 381 g/mol. The van der Waals surface area contributed by atoms with Crippen molar-refractivity contribution in [3.8, 4) is 0 Å². The summed E-state index contributed by atoms with van der Waals surface area (Å²) in [5, 5.41) is 10.5. The first-order chi connectivity index (χ1) is 12.0. The van der Waals surface area contributed by atoms with E-state index in [1.807, 2.05) is 12.1 Å². The van der Waals surface area contributed by atoms with Crippen molar-refractivity contribution >= 4 is 52.1 Å². The summed E-state index contributed by atoms with van der Waals surface area (Å²) in [5.74, 6) is -0.0272. The molecule has 3 rings (SSSR count). The van der Waals surface area contributed by atoms with Gasteiger partial charge in [-0.2, -0.15) is 0 Å². The third-order valence-electron chi connectivity index (χ3n) is 3.84. The number of thioether (sulfide) groups is 1. The van der Waals surface area contributed by atoms with Crippen LogP contribution in [0.1, 0.15) is 18.6 Å². The van der Waals surface area contributed by atoms with Gasteiger partial charge in [0, 0.05) is 37.7 Å². The molecule has 1 amide bonds. The van der Waals surface area contributed by atoms with E-state index in [1.54, 1.807) is 6.08 Å². The Morgan fingerprint density at radius 3 is 2.84 bits per heavy atom. The molecule has 7 nitrogen and oxygen atoms in total. The minimum Gasteiger partial charge on any atom is -0.550 e. The van der Waals surface area contributed by atoms with Gasteiger partial charge < -0.3 is 24.0 Å². The van der Waals surface area contributed by atoms with Crippen LogP contribution < -0.4 is 10.0 Å². The third-order valence-corrected chi connectivity index (χ3v) is 5.22. The number of amides is 1. The first-order valence-corrected chi connectivity index (χ1v) is 9.15. The number of hydrogen-bond donors (Lipinski definition) is 0. The molecule has 134 valence electrons. The molecule has 0 spiro atoms. The summed E-state index contributed by atoms with van der Waals surface area (Å²) in [6, 6.07) is 3.69. The highest BCUT2D eigenvalue weighted by Gasteiger charge is 2.31. The topological polar surface area (TPSA) is 86.0 Å². The highest BCUT2D eigenvalue weighted by Crippen LogP contribution is 2.33. The molecule has 0 aromatic carbocycles. The average molecular weight is 381 g/mol. The number of carboxylic acid groups (broad SMARTS) is 1. The minimum absolute atomic E-state index is 0.1000. The third kappa shape index (κ3) is 4.42. The van der Waals surface area contributed by atoms with Crippen LogP contribution in [0.4, 0.5) is 5.88 Å². The Bertz CT molecular complexity index is 709. The van der Waals surface area contributed by atoms with E-state index >= 15 is 0 Å². The highest BCUT2D eigenvalue weighted by atomic mass is 32.2. The quantitative estimate of drug-likeness (QED) is 0.530. The minimum atomic E-state index is -1.13. The number of carboxylic acids is 1. The summed E-state index contributed by atoms with van der Waals surface area (Å²) in [6.07, 6.45) is 1.88. The van der Waals surface area contributed by atoms with E-state index in [0.29, 0.717) is 34.6 Å². The van der Waals surface area contributed by atoms with Gasteiger partial charge in [-0.1, -0.05) is 24.0 Å². The van der Waals surface area contributed by atoms with Crippen molar-refractivity contribution in [2.45, 2.75) is 12.8 Å². The standard InChI is InChI=1S/C16H18N2O5S2/c19-14(20)2-1-5-18-15(21)12(25-16(18)24)10-11-3-4-13(23-11)17-6-8-22-9-7-17/h3-4,10H,1-2,5-9H2,(H,19,20)/p-1/b12-10-. The van der Waals surface area contributed by atoms with Crippen molar-refractivity contribution < 1.29 is 23.8 Å². The molecule has 2 saturated heterocycles. The fourth-order valence-electron chi connectivity index (χ4n) is 2.58. The molecule has 0 unspecified atom stereocenters. The van der Waals surface area contributed by atoms with Crippen LogP contribution in [0, 0.1) is 0 Å². The molecule has 9 heteroatoms. The first-order valence-electron chi connectivity index (χ1n) is 7.92. The zero-order chi connectivity index (χ0) is 17.8. The summed E-state index contributed by atoms with van der Waals surface area (Å²) in [7, 11) is 0. The average Bonchev–Trinajstić information content (AvgIpc) is 3.16. The first kappa shape index (κ1) is 18.0. The molecule has 2 aliphatic heterocycles.